The van der Waals surface area contributed by atoms with Gasteiger partial charge in [0.25, 0.3) is 0 Å². The summed E-state index contributed by atoms with van der Waals surface area (Å²) in [4.78, 5) is 0. The van der Waals surface area contributed by atoms with Crippen LogP contribution in [0.3, 0.4) is 0 Å². The second-order valence-electron chi connectivity index (χ2n) is 4.64. The highest BCUT2D eigenvalue weighted by Crippen LogP contribution is 2.27. The van der Waals surface area contributed by atoms with Gasteiger partial charge in [-0.3, -0.25) is 0 Å². The molecule has 3 nitrogen and oxygen atoms in total. The first-order chi connectivity index (χ1) is 9.38. The van der Waals surface area contributed by atoms with Gasteiger partial charge in [0.15, 0.2) is 0 Å². The van der Waals surface area contributed by atoms with E-state index in [2.05, 4.69) is 34.9 Å². The van der Waals surface area contributed by atoms with E-state index in [0.29, 0.717) is 5.56 Å². The first-order valence-electron chi connectivity index (χ1n) is 6.46. The van der Waals surface area contributed by atoms with Gasteiger partial charge in [-0.15, -0.1) is 0 Å². The molecule has 0 bridgehead atoms. The fourth-order valence-corrected chi connectivity index (χ4v) is 2.48. The summed E-state index contributed by atoms with van der Waals surface area (Å²) in [7, 11) is 0. The van der Waals surface area contributed by atoms with Crippen molar-refractivity contribution in [2.24, 2.45) is 0 Å². The predicted octanol–water partition coefficient (Wildman–Crippen LogP) is 3.14. The van der Waals surface area contributed by atoms with Gasteiger partial charge in [0.05, 0.1) is 11.3 Å². The Bertz CT molecular complexity index is 641. The van der Waals surface area contributed by atoms with Crippen molar-refractivity contribution in [3.8, 4) is 6.07 Å². The number of benzene rings is 2. The summed E-state index contributed by atoms with van der Waals surface area (Å²) in [5.41, 5.74) is 5.46. The van der Waals surface area contributed by atoms with Gasteiger partial charge in [-0.05, 0) is 29.7 Å². The standard InChI is InChI=1S/C16H15N3/c17-10-13-4-1-2-7-15(13)19-11-14-6-3-5-12-8-9-18-16(12)14/h1-7,18-19H,8-9,11H2. The average Bonchev–Trinajstić information content (AvgIpc) is 2.94. The van der Waals surface area contributed by atoms with E-state index in [1.807, 2.05) is 24.3 Å². The number of hydrogen-bond donors (Lipinski definition) is 2. The SMILES string of the molecule is N#Cc1ccccc1NCc1cccc2c1NCC2. The van der Waals surface area contributed by atoms with Crippen LogP contribution >= 0.6 is 0 Å². The minimum Gasteiger partial charge on any atom is -0.384 e. The van der Waals surface area contributed by atoms with Gasteiger partial charge in [-0.2, -0.15) is 5.26 Å². The van der Waals surface area contributed by atoms with Crippen molar-refractivity contribution < 1.29 is 0 Å². The summed E-state index contributed by atoms with van der Waals surface area (Å²) < 4.78 is 0. The first kappa shape index (κ1) is 11.6. The normalized spacial score (nSPS) is 12.4. The summed E-state index contributed by atoms with van der Waals surface area (Å²) in [6.45, 7) is 1.75. The molecule has 0 aliphatic carbocycles. The minimum atomic E-state index is 0.683. The van der Waals surface area contributed by atoms with Gasteiger partial charge >= 0.3 is 0 Å². The molecule has 3 rings (SSSR count). The van der Waals surface area contributed by atoms with Crippen molar-refractivity contribution in [1.82, 2.24) is 0 Å². The molecule has 2 N–H and O–H groups in total. The Balaban J connectivity index is 1.80. The fraction of sp³-hybridized carbons (Fsp3) is 0.188. The van der Waals surface area contributed by atoms with Crippen molar-refractivity contribution in [3.05, 3.63) is 59.2 Å². The number of hydrogen-bond acceptors (Lipinski definition) is 3. The highest BCUT2D eigenvalue weighted by atomic mass is 14.9. The van der Waals surface area contributed by atoms with E-state index in [0.717, 1.165) is 25.2 Å². The molecule has 0 fully saturated rings. The lowest BCUT2D eigenvalue weighted by atomic mass is 10.1. The molecule has 0 atom stereocenters. The van der Waals surface area contributed by atoms with Gasteiger partial charge in [0.1, 0.15) is 6.07 Å². The fourth-order valence-electron chi connectivity index (χ4n) is 2.48. The second-order valence-corrected chi connectivity index (χ2v) is 4.64. The van der Waals surface area contributed by atoms with Gasteiger partial charge in [0, 0.05) is 18.8 Å². The molecule has 0 radical (unpaired) electrons. The molecule has 0 saturated carbocycles. The lowest BCUT2D eigenvalue weighted by Gasteiger charge is -2.11. The Kier molecular flexibility index (Phi) is 3.07. The van der Waals surface area contributed by atoms with Crippen LogP contribution in [0.1, 0.15) is 16.7 Å². The first-order valence-corrected chi connectivity index (χ1v) is 6.46. The van der Waals surface area contributed by atoms with E-state index in [9.17, 15) is 0 Å². The number of fused-ring (bicyclic) bond motifs is 1. The second kappa shape index (κ2) is 5.03. The molecule has 2 aromatic carbocycles. The zero-order chi connectivity index (χ0) is 13.1. The van der Waals surface area contributed by atoms with E-state index in [4.69, 9.17) is 5.26 Å². The highest BCUT2D eigenvalue weighted by molar-refractivity contribution is 5.63. The molecule has 0 aromatic heterocycles. The molecule has 1 aliphatic rings. The van der Waals surface area contributed by atoms with Gasteiger partial charge in [-0.1, -0.05) is 30.3 Å². The molecule has 0 spiro atoms. The topological polar surface area (TPSA) is 47.9 Å². The van der Waals surface area contributed by atoms with Crippen molar-refractivity contribution in [3.63, 3.8) is 0 Å². The van der Waals surface area contributed by atoms with Crippen LogP contribution in [-0.2, 0) is 13.0 Å². The van der Waals surface area contributed by atoms with Crippen LogP contribution < -0.4 is 10.6 Å². The summed E-state index contributed by atoms with van der Waals surface area (Å²) in [5, 5.41) is 15.8. The van der Waals surface area contributed by atoms with Crippen LogP contribution in [0, 0.1) is 11.3 Å². The molecule has 0 saturated heterocycles. The largest absolute Gasteiger partial charge is 0.384 e. The van der Waals surface area contributed by atoms with Gasteiger partial charge < -0.3 is 10.6 Å². The Hall–Kier alpha value is -2.47. The molecule has 1 heterocycles. The third kappa shape index (κ3) is 2.25. The van der Waals surface area contributed by atoms with Crippen molar-refractivity contribution >= 4 is 11.4 Å². The number of nitriles is 1. The maximum Gasteiger partial charge on any atom is 0.101 e. The quantitative estimate of drug-likeness (QED) is 0.878. The average molecular weight is 249 g/mol. The number of nitrogens with one attached hydrogen (secondary N) is 2. The van der Waals surface area contributed by atoms with Gasteiger partial charge in [-0.25, -0.2) is 0 Å². The minimum absolute atomic E-state index is 0.683. The van der Waals surface area contributed by atoms with Crippen LogP contribution in [0.2, 0.25) is 0 Å². The number of rotatable bonds is 3. The summed E-state index contributed by atoms with van der Waals surface area (Å²) in [5.74, 6) is 0. The molecule has 94 valence electrons. The molecule has 3 heteroatoms. The van der Waals surface area contributed by atoms with Crippen molar-refractivity contribution in [1.29, 1.82) is 5.26 Å². The molecule has 0 amide bonds. The van der Waals surface area contributed by atoms with Crippen molar-refractivity contribution in [2.75, 3.05) is 17.2 Å². The molecule has 0 unspecified atom stereocenters. The zero-order valence-corrected chi connectivity index (χ0v) is 10.6. The summed E-state index contributed by atoms with van der Waals surface area (Å²) in [6, 6.07) is 16.2. The molecule has 1 aliphatic heterocycles. The van der Waals surface area contributed by atoms with E-state index in [1.54, 1.807) is 0 Å². The summed E-state index contributed by atoms with van der Waals surface area (Å²) in [6.07, 6.45) is 1.10. The highest BCUT2D eigenvalue weighted by Gasteiger charge is 2.13. The lowest BCUT2D eigenvalue weighted by molar-refractivity contribution is 1.11. The molecule has 2 aromatic rings. The Morgan fingerprint density at radius 3 is 2.95 bits per heavy atom. The summed E-state index contributed by atoms with van der Waals surface area (Å²) >= 11 is 0. The van der Waals surface area contributed by atoms with Gasteiger partial charge in [0.2, 0.25) is 0 Å². The van der Waals surface area contributed by atoms with Crippen LogP contribution in [0.4, 0.5) is 11.4 Å². The van der Waals surface area contributed by atoms with Crippen LogP contribution in [0.25, 0.3) is 0 Å². The zero-order valence-electron chi connectivity index (χ0n) is 10.6. The van der Waals surface area contributed by atoms with E-state index in [1.165, 1.54) is 16.8 Å². The Morgan fingerprint density at radius 1 is 1.16 bits per heavy atom. The molecule has 19 heavy (non-hydrogen) atoms. The van der Waals surface area contributed by atoms with Crippen LogP contribution in [0.15, 0.2) is 42.5 Å². The van der Waals surface area contributed by atoms with Crippen LogP contribution in [0.5, 0.6) is 0 Å². The maximum atomic E-state index is 9.07. The smallest absolute Gasteiger partial charge is 0.101 e. The predicted molar refractivity (Wildman–Crippen MR) is 77.1 cm³/mol. The van der Waals surface area contributed by atoms with Crippen molar-refractivity contribution in [2.45, 2.75) is 13.0 Å². The monoisotopic (exact) mass is 249 g/mol. The number of para-hydroxylation sites is 2. The number of anilines is 2. The van der Waals surface area contributed by atoms with E-state index in [-0.39, 0.29) is 0 Å². The molecular weight excluding hydrogens is 234 g/mol. The Labute approximate surface area is 112 Å². The third-order valence-corrected chi connectivity index (χ3v) is 3.45. The maximum absolute atomic E-state index is 9.07. The molecular formula is C16H15N3. The lowest BCUT2D eigenvalue weighted by Crippen LogP contribution is -2.04. The third-order valence-electron chi connectivity index (χ3n) is 3.45. The number of nitrogens with zero attached hydrogens (tertiary/aromatic N) is 1. The van der Waals surface area contributed by atoms with E-state index < -0.39 is 0 Å². The Morgan fingerprint density at radius 2 is 2.05 bits per heavy atom. The van der Waals surface area contributed by atoms with Crippen LogP contribution in [-0.4, -0.2) is 6.54 Å². The van der Waals surface area contributed by atoms with E-state index >= 15 is 0 Å².